The first-order valence-corrected chi connectivity index (χ1v) is 9.11. The summed E-state index contributed by atoms with van der Waals surface area (Å²) < 4.78 is 5.55. The molecule has 3 aromatic rings. The summed E-state index contributed by atoms with van der Waals surface area (Å²) in [4.78, 5) is 13.3. The van der Waals surface area contributed by atoms with Crippen molar-refractivity contribution >= 4 is 23.7 Å². The van der Waals surface area contributed by atoms with E-state index in [9.17, 15) is 4.79 Å². The molecule has 0 radical (unpaired) electrons. The van der Waals surface area contributed by atoms with Gasteiger partial charge < -0.3 is 4.42 Å². The van der Waals surface area contributed by atoms with Gasteiger partial charge in [-0.25, -0.2) is 0 Å². The van der Waals surface area contributed by atoms with Crippen molar-refractivity contribution in [2.75, 3.05) is 11.6 Å². The maximum atomic E-state index is 12.3. The lowest BCUT2D eigenvalue weighted by atomic mass is 10.0. The van der Waals surface area contributed by atoms with E-state index in [0.29, 0.717) is 17.9 Å². The normalized spacial score (nSPS) is 10.7. The molecule has 0 aliphatic rings. The zero-order valence-corrected chi connectivity index (χ0v) is 15.2. The van der Waals surface area contributed by atoms with Gasteiger partial charge in [0.15, 0.2) is 0 Å². The summed E-state index contributed by atoms with van der Waals surface area (Å²) in [6.07, 6.45) is 2.50. The van der Waals surface area contributed by atoms with E-state index in [0.717, 1.165) is 10.5 Å². The summed E-state index contributed by atoms with van der Waals surface area (Å²) in [7, 11) is 0. The molecule has 5 nitrogen and oxygen atoms in total. The largest absolute Gasteiger partial charge is 0.407 e. The number of benzene rings is 2. The quantitative estimate of drug-likeness (QED) is 0.695. The van der Waals surface area contributed by atoms with Crippen LogP contribution in [0, 0.1) is 13.8 Å². The molecular formula is C19H19N3O2S. The van der Waals surface area contributed by atoms with Crippen molar-refractivity contribution in [2.45, 2.75) is 25.2 Å². The Kier molecular flexibility index (Phi) is 5.19. The first kappa shape index (κ1) is 17.2. The lowest BCUT2D eigenvalue weighted by Crippen LogP contribution is -2.12. The van der Waals surface area contributed by atoms with Gasteiger partial charge in [-0.2, -0.15) is 0 Å². The maximum Gasteiger partial charge on any atom is 0.322 e. The molecule has 0 unspecified atom stereocenters. The molecule has 1 amide bonds. The fourth-order valence-corrected chi connectivity index (χ4v) is 2.86. The van der Waals surface area contributed by atoms with Gasteiger partial charge in [-0.15, -0.1) is 16.9 Å². The van der Waals surface area contributed by atoms with Crippen LogP contribution < -0.4 is 5.32 Å². The molecule has 1 heterocycles. The van der Waals surface area contributed by atoms with Crippen LogP contribution in [0.4, 0.5) is 6.01 Å². The van der Waals surface area contributed by atoms with Gasteiger partial charge in [0.25, 0.3) is 5.91 Å². The van der Waals surface area contributed by atoms with Crippen LogP contribution in [0.2, 0.25) is 0 Å². The zero-order valence-electron chi connectivity index (χ0n) is 14.4. The molecule has 2 aromatic carbocycles. The van der Waals surface area contributed by atoms with Gasteiger partial charge in [0.1, 0.15) is 0 Å². The van der Waals surface area contributed by atoms with Gasteiger partial charge >= 0.3 is 6.01 Å². The van der Waals surface area contributed by atoms with Crippen molar-refractivity contribution in [3.05, 3.63) is 70.6 Å². The summed E-state index contributed by atoms with van der Waals surface area (Å²) in [5.41, 5.74) is 4.12. The smallest absolute Gasteiger partial charge is 0.322 e. The van der Waals surface area contributed by atoms with E-state index in [1.165, 1.54) is 11.1 Å². The zero-order chi connectivity index (χ0) is 17.8. The predicted octanol–water partition coefficient (Wildman–Crippen LogP) is 4.25. The highest BCUT2D eigenvalue weighted by Gasteiger charge is 2.12. The average Bonchev–Trinajstić information content (AvgIpc) is 3.05. The van der Waals surface area contributed by atoms with Crippen molar-refractivity contribution in [1.82, 2.24) is 10.2 Å². The SMILES string of the molecule is CSc1cccc(C(=O)Nc2nnc(Cc3ccc(C)c(C)c3)o2)c1. The Labute approximate surface area is 150 Å². The van der Waals surface area contributed by atoms with Crippen molar-refractivity contribution in [3.8, 4) is 0 Å². The molecule has 3 rings (SSSR count). The predicted molar refractivity (Wildman–Crippen MR) is 99.2 cm³/mol. The lowest BCUT2D eigenvalue weighted by molar-refractivity contribution is 0.102. The Morgan fingerprint density at radius 1 is 1.12 bits per heavy atom. The van der Waals surface area contributed by atoms with Gasteiger partial charge in [0.05, 0.1) is 6.42 Å². The van der Waals surface area contributed by atoms with E-state index in [4.69, 9.17) is 4.42 Å². The fourth-order valence-electron chi connectivity index (χ4n) is 2.40. The number of thioether (sulfide) groups is 1. The number of anilines is 1. The van der Waals surface area contributed by atoms with Gasteiger partial charge in [-0.3, -0.25) is 10.1 Å². The van der Waals surface area contributed by atoms with Crippen LogP contribution in [-0.4, -0.2) is 22.4 Å². The minimum atomic E-state index is -0.266. The van der Waals surface area contributed by atoms with E-state index in [2.05, 4.69) is 41.5 Å². The highest BCUT2D eigenvalue weighted by molar-refractivity contribution is 7.98. The molecule has 0 saturated heterocycles. The van der Waals surface area contributed by atoms with E-state index in [-0.39, 0.29) is 11.9 Å². The molecule has 0 bridgehead atoms. The number of aromatic nitrogens is 2. The number of carbonyl (C=O) groups excluding carboxylic acids is 1. The fraction of sp³-hybridized carbons (Fsp3) is 0.211. The van der Waals surface area contributed by atoms with Crippen molar-refractivity contribution in [3.63, 3.8) is 0 Å². The Morgan fingerprint density at radius 2 is 1.96 bits per heavy atom. The molecule has 25 heavy (non-hydrogen) atoms. The highest BCUT2D eigenvalue weighted by Crippen LogP contribution is 2.18. The Balaban J connectivity index is 1.68. The second kappa shape index (κ2) is 7.53. The molecule has 0 atom stereocenters. The van der Waals surface area contributed by atoms with Crippen LogP contribution in [-0.2, 0) is 6.42 Å². The average molecular weight is 353 g/mol. The molecular weight excluding hydrogens is 334 g/mol. The summed E-state index contributed by atoms with van der Waals surface area (Å²) >= 11 is 1.58. The van der Waals surface area contributed by atoms with Crippen LogP contribution in [0.15, 0.2) is 51.8 Å². The topological polar surface area (TPSA) is 68.0 Å². The second-order valence-electron chi connectivity index (χ2n) is 5.78. The molecule has 0 aliphatic carbocycles. The van der Waals surface area contributed by atoms with E-state index >= 15 is 0 Å². The first-order valence-electron chi connectivity index (χ1n) is 7.89. The van der Waals surface area contributed by atoms with Crippen LogP contribution in [0.25, 0.3) is 0 Å². The Bertz CT molecular complexity index is 905. The summed E-state index contributed by atoms with van der Waals surface area (Å²) in [5, 5.41) is 10.6. The molecule has 0 fully saturated rings. The van der Waals surface area contributed by atoms with E-state index in [1.54, 1.807) is 17.8 Å². The molecule has 1 aromatic heterocycles. The molecule has 1 N–H and O–H groups in total. The number of carbonyl (C=O) groups is 1. The first-order chi connectivity index (χ1) is 12.0. The number of hydrogen-bond donors (Lipinski definition) is 1. The monoisotopic (exact) mass is 353 g/mol. The molecule has 128 valence electrons. The standard InChI is InChI=1S/C19H19N3O2S/c1-12-7-8-14(9-13(12)2)10-17-21-22-19(24-17)20-18(23)15-5-4-6-16(11-15)25-3/h4-9,11H,10H2,1-3H3,(H,20,22,23). The second-order valence-corrected chi connectivity index (χ2v) is 6.66. The number of aryl methyl sites for hydroxylation is 2. The molecule has 6 heteroatoms. The minimum Gasteiger partial charge on any atom is -0.407 e. The van der Waals surface area contributed by atoms with Gasteiger partial charge in [0, 0.05) is 10.5 Å². The third kappa shape index (κ3) is 4.28. The van der Waals surface area contributed by atoms with Gasteiger partial charge in [-0.1, -0.05) is 29.4 Å². The maximum absolute atomic E-state index is 12.3. The van der Waals surface area contributed by atoms with Crippen molar-refractivity contribution in [2.24, 2.45) is 0 Å². The van der Waals surface area contributed by atoms with Gasteiger partial charge in [0.2, 0.25) is 5.89 Å². The third-order valence-corrected chi connectivity index (χ3v) is 4.67. The van der Waals surface area contributed by atoms with Gasteiger partial charge in [-0.05, 0) is 55.0 Å². The number of rotatable bonds is 5. The Hall–Kier alpha value is -2.60. The minimum absolute atomic E-state index is 0.110. The van der Waals surface area contributed by atoms with Crippen LogP contribution in [0.5, 0.6) is 0 Å². The van der Waals surface area contributed by atoms with Crippen LogP contribution in [0.1, 0.15) is 32.9 Å². The van der Waals surface area contributed by atoms with E-state index < -0.39 is 0 Å². The number of nitrogens with zero attached hydrogens (tertiary/aromatic N) is 2. The summed E-state index contributed by atoms with van der Waals surface area (Å²) in [5.74, 6) is 0.202. The molecule has 0 saturated carbocycles. The lowest BCUT2D eigenvalue weighted by Gasteiger charge is -2.03. The van der Waals surface area contributed by atoms with Crippen molar-refractivity contribution < 1.29 is 9.21 Å². The molecule has 0 spiro atoms. The number of amides is 1. The highest BCUT2D eigenvalue weighted by atomic mass is 32.2. The summed E-state index contributed by atoms with van der Waals surface area (Å²) in [6.45, 7) is 4.15. The van der Waals surface area contributed by atoms with Crippen LogP contribution in [0.3, 0.4) is 0 Å². The molecule has 0 aliphatic heterocycles. The van der Waals surface area contributed by atoms with Crippen molar-refractivity contribution in [1.29, 1.82) is 0 Å². The number of nitrogens with one attached hydrogen (secondary N) is 1. The van der Waals surface area contributed by atoms with E-state index in [1.807, 2.05) is 30.5 Å². The third-order valence-electron chi connectivity index (χ3n) is 3.95. The van der Waals surface area contributed by atoms with Crippen LogP contribution >= 0.6 is 11.8 Å². The Morgan fingerprint density at radius 3 is 2.72 bits per heavy atom. The number of hydrogen-bond acceptors (Lipinski definition) is 5. The summed E-state index contributed by atoms with van der Waals surface area (Å²) in [6, 6.07) is 13.7.